The first-order chi connectivity index (χ1) is 8.78. The van der Waals surface area contributed by atoms with E-state index in [9.17, 15) is 18.0 Å². The normalized spacial score (nSPS) is 13.5. The lowest BCUT2D eigenvalue weighted by molar-refractivity contribution is -0.154. The van der Waals surface area contributed by atoms with Gasteiger partial charge in [-0.05, 0) is 11.5 Å². The molecule has 1 aromatic rings. The molecular weight excluding hydrogens is 259 g/mol. The van der Waals surface area contributed by atoms with E-state index >= 15 is 0 Å². The van der Waals surface area contributed by atoms with E-state index in [1.807, 2.05) is 18.2 Å². The van der Waals surface area contributed by atoms with E-state index in [1.54, 1.807) is 19.1 Å². The van der Waals surface area contributed by atoms with E-state index in [1.165, 1.54) is 0 Å². The number of benzene rings is 1. The molecule has 0 aliphatic heterocycles. The lowest BCUT2D eigenvalue weighted by atomic mass is 10.0. The topological polar surface area (TPSA) is 40.5 Å². The first-order valence-corrected chi connectivity index (χ1v) is 5.84. The number of aliphatic carboxylic acids is 1. The van der Waals surface area contributed by atoms with Crippen molar-refractivity contribution < 1.29 is 23.1 Å². The Labute approximate surface area is 109 Å². The second-order valence-electron chi connectivity index (χ2n) is 4.49. The summed E-state index contributed by atoms with van der Waals surface area (Å²) in [5, 5.41) is 8.66. The van der Waals surface area contributed by atoms with Crippen LogP contribution in [0.15, 0.2) is 30.3 Å². The van der Waals surface area contributed by atoms with Gasteiger partial charge >= 0.3 is 12.1 Å². The van der Waals surface area contributed by atoms with Gasteiger partial charge in [0.05, 0.1) is 13.1 Å². The van der Waals surface area contributed by atoms with Gasteiger partial charge in [0.1, 0.15) is 0 Å². The summed E-state index contributed by atoms with van der Waals surface area (Å²) in [6.45, 7) is 0.00351. The average molecular weight is 275 g/mol. The fourth-order valence-corrected chi connectivity index (χ4v) is 1.90. The molecule has 6 heteroatoms. The average Bonchev–Trinajstić information content (AvgIpc) is 2.26. The Morgan fingerprint density at radius 2 is 1.89 bits per heavy atom. The quantitative estimate of drug-likeness (QED) is 0.867. The van der Waals surface area contributed by atoms with Crippen LogP contribution < -0.4 is 0 Å². The highest BCUT2D eigenvalue weighted by Gasteiger charge is 2.32. The zero-order valence-corrected chi connectivity index (χ0v) is 10.5. The van der Waals surface area contributed by atoms with Gasteiger partial charge in [-0.2, -0.15) is 13.2 Å². The maximum Gasteiger partial charge on any atom is 0.401 e. The number of halogens is 3. The number of hydrogen-bond acceptors (Lipinski definition) is 2. The van der Waals surface area contributed by atoms with Crippen molar-refractivity contribution in [3.8, 4) is 0 Å². The highest BCUT2D eigenvalue weighted by Crippen LogP contribution is 2.20. The molecule has 0 aliphatic rings. The molecule has 0 spiro atoms. The first-order valence-electron chi connectivity index (χ1n) is 5.84. The zero-order chi connectivity index (χ0) is 14.5. The van der Waals surface area contributed by atoms with Gasteiger partial charge < -0.3 is 5.11 Å². The molecule has 0 bridgehead atoms. The monoisotopic (exact) mass is 275 g/mol. The van der Waals surface area contributed by atoms with Crippen LogP contribution in [0.3, 0.4) is 0 Å². The van der Waals surface area contributed by atoms with Gasteiger partial charge in [0.15, 0.2) is 0 Å². The minimum atomic E-state index is -4.40. The molecule has 0 aromatic heterocycles. The van der Waals surface area contributed by atoms with Gasteiger partial charge in [0.2, 0.25) is 0 Å². The predicted octanol–water partition coefficient (Wildman–Crippen LogP) is 2.74. The molecule has 1 atom stereocenters. The second-order valence-corrected chi connectivity index (χ2v) is 4.49. The van der Waals surface area contributed by atoms with Crippen molar-refractivity contribution in [2.24, 2.45) is 0 Å². The fraction of sp³-hybridized carbons (Fsp3) is 0.462. The minimum absolute atomic E-state index is 0.0514. The van der Waals surface area contributed by atoms with Crippen molar-refractivity contribution in [2.75, 3.05) is 19.6 Å². The van der Waals surface area contributed by atoms with Gasteiger partial charge in [-0.15, -0.1) is 0 Å². The van der Waals surface area contributed by atoms with Crippen LogP contribution in [0.25, 0.3) is 0 Å². The van der Waals surface area contributed by atoms with E-state index in [0.29, 0.717) is 0 Å². The van der Waals surface area contributed by atoms with Gasteiger partial charge in [0.25, 0.3) is 0 Å². The zero-order valence-electron chi connectivity index (χ0n) is 10.5. The third-order valence-electron chi connectivity index (χ3n) is 2.66. The molecule has 1 rings (SSSR count). The predicted molar refractivity (Wildman–Crippen MR) is 65.0 cm³/mol. The molecule has 0 heterocycles. The van der Waals surface area contributed by atoms with Crippen LogP contribution >= 0.6 is 0 Å². The summed E-state index contributed by atoms with van der Waals surface area (Å²) >= 11 is 0. The van der Waals surface area contributed by atoms with Crippen molar-refractivity contribution in [3.63, 3.8) is 0 Å². The number of carbonyl (C=O) groups is 1. The molecule has 0 saturated heterocycles. The number of hydrogen-bond donors (Lipinski definition) is 1. The maximum atomic E-state index is 12.4. The van der Waals surface area contributed by atoms with Crippen LogP contribution in [0.5, 0.6) is 0 Å². The Morgan fingerprint density at radius 1 is 1.32 bits per heavy atom. The fourth-order valence-electron chi connectivity index (χ4n) is 1.90. The Balaban J connectivity index is 2.68. The van der Waals surface area contributed by atoms with Crippen molar-refractivity contribution in [1.29, 1.82) is 0 Å². The second kappa shape index (κ2) is 6.56. The van der Waals surface area contributed by atoms with Crippen LogP contribution in [0.2, 0.25) is 0 Å². The van der Waals surface area contributed by atoms with Gasteiger partial charge in [-0.3, -0.25) is 9.69 Å². The molecule has 19 heavy (non-hydrogen) atoms. The lowest BCUT2D eigenvalue weighted by Crippen LogP contribution is -2.39. The first kappa shape index (κ1) is 15.5. The van der Waals surface area contributed by atoms with Crippen molar-refractivity contribution in [3.05, 3.63) is 35.9 Å². The van der Waals surface area contributed by atoms with E-state index in [4.69, 9.17) is 5.11 Å². The molecule has 0 fully saturated rings. The summed E-state index contributed by atoms with van der Waals surface area (Å²) in [5.41, 5.74) is 0.889. The number of rotatable bonds is 6. The third kappa shape index (κ3) is 6.24. The van der Waals surface area contributed by atoms with Crippen LogP contribution in [0.4, 0.5) is 13.2 Å². The van der Waals surface area contributed by atoms with Crippen LogP contribution in [0.1, 0.15) is 18.4 Å². The van der Waals surface area contributed by atoms with Crippen LogP contribution in [0, 0.1) is 0 Å². The molecule has 106 valence electrons. The maximum absolute atomic E-state index is 12.4. The third-order valence-corrected chi connectivity index (χ3v) is 2.66. The highest BCUT2D eigenvalue weighted by atomic mass is 19.4. The Kier molecular flexibility index (Phi) is 5.35. The molecular formula is C13H16F3NO2. The van der Waals surface area contributed by atoms with Crippen molar-refractivity contribution in [1.82, 2.24) is 4.90 Å². The van der Waals surface area contributed by atoms with E-state index in [0.717, 1.165) is 10.5 Å². The minimum Gasteiger partial charge on any atom is -0.480 e. The van der Waals surface area contributed by atoms with Gasteiger partial charge in [-0.1, -0.05) is 37.3 Å². The number of nitrogens with zero attached hydrogens (tertiary/aromatic N) is 1. The highest BCUT2D eigenvalue weighted by molar-refractivity contribution is 5.69. The van der Waals surface area contributed by atoms with E-state index < -0.39 is 25.2 Å². The summed E-state index contributed by atoms with van der Waals surface area (Å²) in [7, 11) is 0. The van der Waals surface area contributed by atoms with Crippen molar-refractivity contribution >= 4 is 5.97 Å². The molecule has 0 aliphatic carbocycles. The van der Waals surface area contributed by atoms with E-state index in [-0.39, 0.29) is 12.5 Å². The Morgan fingerprint density at radius 3 is 2.37 bits per heavy atom. The Bertz CT molecular complexity index is 406. The number of carboxylic acids is 1. The van der Waals surface area contributed by atoms with Gasteiger partial charge in [-0.25, -0.2) is 0 Å². The van der Waals surface area contributed by atoms with Crippen molar-refractivity contribution in [2.45, 2.75) is 19.0 Å². The summed E-state index contributed by atoms with van der Waals surface area (Å²) in [6, 6.07) is 9.06. The largest absolute Gasteiger partial charge is 0.480 e. The summed E-state index contributed by atoms with van der Waals surface area (Å²) in [5.74, 6) is -1.42. The molecule has 0 saturated carbocycles. The SMILES string of the molecule is CC(CN(CC(=O)O)CC(F)(F)F)c1ccccc1. The summed E-state index contributed by atoms with van der Waals surface area (Å²) in [6.07, 6.45) is -4.40. The van der Waals surface area contributed by atoms with Gasteiger partial charge in [0, 0.05) is 6.54 Å². The Hall–Kier alpha value is -1.56. The molecule has 1 aromatic carbocycles. The smallest absolute Gasteiger partial charge is 0.401 e. The number of alkyl halides is 3. The molecule has 1 N–H and O–H groups in total. The van der Waals surface area contributed by atoms with Crippen LogP contribution in [-0.4, -0.2) is 41.8 Å². The standard InChI is InChI=1S/C13H16F3NO2/c1-10(11-5-3-2-4-6-11)7-17(8-12(18)19)9-13(14,15)16/h2-6,10H,7-9H2,1H3,(H,18,19). The molecule has 0 amide bonds. The van der Waals surface area contributed by atoms with E-state index in [2.05, 4.69) is 0 Å². The number of carboxylic acid groups (broad SMARTS) is 1. The molecule has 1 unspecified atom stereocenters. The summed E-state index contributed by atoms with van der Waals surface area (Å²) in [4.78, 5) is 11.5. The van der Waals surface area contributed by atoms with Crippen LogP contribution in [-0.2, 0) is 4.79 Å². The lowest BCUT2D eigenvalue weighted by Gasteiger charge is -2.25. The molecule has 3 nitrogen and oxygen atoms in total. The molecule has 0 radical (unpaired) electrons. The summed E-state index contributed by atoms with van der Waals surface area (Å²) < 4.78 is 37.1.